The highest BCUT2D eigenvalue weighted by Gasteiger charge is 2.02. The fourth-order valence-corrected chi connectivity index (χ4v) is 0.520. The summed E-state index contributed by atoms with van der Waals surface area (Å²) in [4.78, 5) is 3.19. The molecular formula is C6H5F2NO. The zero-order valence-electron chi connectivity index (χ0n) is 5.88. The number of pyridine rings is 1. The molecule has 1 unspecified atom stereocenters. The van der Waals surface area contributed by atoms with Crippen LogP contribution in [0.25, 0.3) is 0 Å². The lowest BCUT2D eigenvalue weighted by Gasteiger charge is -1.95. The standard InChI is InChI=1S/C6H5F2NO/c7-4-1-5(8)6(3-10)9-2-4/h1-2,10H,3H2/i3D. The van der Waals surface area contributed by atoms with Gasteiger partial charge in [0.2, 0.25) is 0 Å². The van der Waals surface area contributed by atoms with Crippen LogP contribution in [0.4, 0.5) is 8.78 Å². The quantitative estimate of drug-likeness (QED) is 0.637. The number of nitrogens with zero attached hydrogens (tertiary/aromatic N) is 1. The molecule has 4 heteroatoms. The minimum Gasteiger partial charge on any atom is -0.390 e. The summed E-state index contributed by atoms with van der Waals surface area (Å²) >= 11 is 0. The summed E-state index contributed by atoms with van der Waals surface area (Å²) < 4.78 is 31.3. The molecule has 0 fully saturated rings. The van der Waals surface area contributed by atoms with Crippen LogP contribution in [0.15, 0.2) is 12.3 Å². The molecule has 0 amide bonds. The number of hydrogen-bond donors (Lipinski definition) is 1. The second kappa shape index (κ2) is 2.70. The van der Waals surface area contributed by atoms with Gasteiger partial charge in [-0.3, -0.25) is 4.98 Å². The molecule has 0 aliphatic rings. The Bertz CT molecular complexity index is 267. The topological polar surface area (TPSA) is 33.1 Å². The van der Waals surface area contributed by atoms with Gasteiger partial charge in [0.05, 0.1) is 14.2 Å². The highest BCUT2D eigenvalue weighted by Crippen LogP contribution is 2.04. The Balaban J connectivity index is 3.09. The molecule has 0 radical (unpaired) electrons. The first kappa shape index (κ1) is 5.73. The van der Waals surface area contributed by atoms with Gasteiger partial charge in [-0.05, 0) is 0 Å². The summed E-state index contributed by atoms with van der Waals surface area (Å²) in [6, 6.07) is 0.570. The molecule has 0 saturated carbocycles. The summed E-state index contributed by atoms with van der Waals surface area (Å²) in [5.41, 5.74) is -0.466. The van der Waals surface area contributed by atoms with Crippen molar-refractivity contribution in [1.29, 1.82) is 0 Å². The minimum atomic E-state index is -1.75. The molecule has 1 rings (SSSR count). The van der Waals surface area contributed by atoms with E-state index in [0.29, 0.717) is 6.07 Å². The summed E-state index contributed by atoms with van der Waals surface area (Å²) in [6.45, 7) is -1.75. The number of rotatable bonds is 1. The molecule has 0 aromatic carbocycles. The largest absolute Gasteiger partial charge is 0.390 e. The first-order valence-corrected chi connectivity index (χ1v) is 2.52. The van der Waals surface area contributed by atoms with Gasteiger partial charge >= 0.3 is 0 Å². The lowest BCUT2D eigenvalue weighted by atomic mass is 10.3. The SMILES string of the molecule is [2H]C(O)c1ncc(F)cc1F. The van der Waals surface area contributed by atoms with Crippen LogP contribution in [-0.2, 0) is 6.58 Å². The molecule has 1 atom stereocenters. The van der Waals surface area contributed by atoms with E-state index >= 15 is 0 Å². The van der Waals surface area contributed by atoms with Crippen LogP contribution in [0, 0.1) is 11.6 Å². The van der Waals surface area contributed by atoms with Crippen LogP contribution in [-0.4, -0.2) is 10.1 Å². The van der Waals surface area contributed by atoms with E-state index in [-0.39, 0.29) is 0 Å². The Morgan fingerprint density at radius 3 is 2.90 bits per heavy atom. The molecule has 0 saturated heterocycles. The summed E-state index contributed by atoms with van der Waals surface area (Å²) in [5.74, 6) is -1.83. The molecule has 1 aromatic rings. The third-order valence-electron chi connectivity index (χ3n) is 0.959. The zero-order valence-corrected chi connectivity index (χ0v) is 4.88. The molecule has 0 spiro atoms. The van der Waals surface area contributed by atoms with Crippen LogP contribution >= 0.6 is 0 Å². The highest BCUT2D eigenvalue weighted by molar-refractivity contribution is 5.07. The van der Waals surface area contributed by atoms with Crippen molar-refractivity contribution < 1.29 is 15.3 Å². The number of halogens is 2. The third-order valence-corrected chi connectivity index (χ3v) is 0.959. The van der Waals surface area contributed by atoms with Crippen molar-refractivity contribution in [2.75, 3.05) is 0 Å². The van der Waals surface area contributed by atoms with Crippen molar-refractivity contribution in [2.24, 2.45) is 0 Å². The second-order valence-corrected chi connectivity index (χ2v) is 1.65. The summed E-state index contributed by atoms with van der Waals surface area (Å²) in [5, 5.41) is 8.54. The van der Waals surface area contributed by atoms with Gasteiger partial charge in [-0.1, -0.05) is 0 Å². The maximum absolute atomic E-state index is 12.5. The lowest BCUT2D eigenvalue weighted by Crippen LogP contribution is -1.94. The third kappa shape index (κ3) is 1.27. The van der Waals surface area contributed by atoms with Gasteiger partial charge < -0.3 is 5.11 Å². The molecule has 10 heavy (non-hydrogen) atoms. The molecule has 2 nitrogen and oxygen atoms in total. The van der Waals surface area contributed by atoms with E-state index in [1.54, 1.807) is 0 Å². The average molecular weight is 146 g/mol. The molecule has 1 N–H and O–H groups in total. The number of aromatic nitrogens is 1. The molecule has 1 aromatic heterocycles. The van der Waals surface area contributed by atoms with Crippen molar-refractivity contribution in [1.82, 2.24) is 4.98 Å². The first-order valence-electron chi connectivity index (χ1n) is 3.10. The molecule has 0 aliphatic heterocycles. The van der Waals surface area contributed by atoms with Gasteiger partial charge in [0, 0.05) is 6.07 Å². The van der Waals surface area contributed by atoms with Gasteiger partial charge in [-0.2, -0.15) is 0 Å². The van der Waals surface area contributed by atoms with Crippen molar-refractivity contribution in [3.63, 3.8) is 0 Å². The maximum Gasteiger partial charge on any atom is 0.150 e. The lowest BCUT2D eigenvalue weighted by molar-refractivity contribution is 0.269. The Hall–Kier alpha value is -1.03. The maximum atomic E-state index is 12.5. The molecule has 1 heterocycles. The molecule has 0 bridgehead atoms. The Morgan fingerprint density at radius 2 is 2.40 bits per heavy atom. The van der Waals surface area contributed by atoms with Crippen molar-refractivity contribution in [3.8, 4) is 0 Å². The predicted octanol–water partition coefficient (Wildman–Crippen LogP) is 0.852. The summed E-state index contributed by atoms with van der Waals surface area (Å²) in [7, 11) is 0. The Kier molecular flexibility index (Phi) is 1.55. The number of aliphatic hydroxyl groups excluding tert-OH is 1. The highest BCUT2D eigenvalue weighted by atomic mass is 19.1. The van der Waals surface area contributed by atoms with Crippen LogP contribution in [0.5, 0.6) is 0 Å². The smallest absolute Gasteiger partial charge is 0.150 e. The minimum absolute atomic E-state index is 0.466. The second-order valence-electron chi connectivity index (χ2n) is 1.65. The van der Waals surface area contributed by atoms with Crippen LogP contribution in [0.3, 0.4) is 0 Å². The van der Waals surface area contributed by atoms with E-state index in [9.17, 15) is 8.78 Å². The zero-order chi connectivity index (χ0) is 8.43. The van der Waals surface area contributed by atoms with Crippen molar-refractivity contribution in [2.45, 2.75) is 6.58 Å². The van der Waals surface area contributed by atoms with Gasteiger partial charge in [0.1, 0.15) is 17.3 Å². The normalized spacial score (nSPS) is 14.5. The predicted molar refractivity (Wildman–Crippen MR) is 30.1 cm³/mol. The number of aliphatic hydroxyl groups is 1. The Labute approximate surface area is 57.5 Å². The number of hydrogen-bond acceptors (Lipinski definition) is 2. The molecule has 54 valence electrons. The molecular weight excluding hydrogens is 140 g/mol. The summed E-state index contributed by atoms with van der Waals surface area (Å²) in [6.07, 6.45) is 0.746. The van der Waals surface area contributed by atoms with E-state index in [2.05, 4.69) is 4.98 Å². The van der Waals surface area contributed by atoms with Gasteiger partial charge in [0.15, 0.2) is 0 Å². The van der Waals surface area contributed by atoms with Crippen molar-refractivity contribution in [3.05, 3.63) is 29.6 Å². The monoisotopic (exact) mass is 146 g/mol. The van der Waals surface area contributed by atoms with E-state index in [1.165, 1.54) is 0 Å². The molecule has 0 aliphatic carbocycles. The van der Waals surface area contributed by atoms with E-state index < -0.39 is 23.9 Å². The van der Waals surface area contributed by atoms with Gasteiger partial charge in [0.25, 0.3) is 0 Å². The van der Waals surface area contributed by atoms with E-state index in [0.717, 1.165) is 6.20 Å². The fraction of sp³-hybridized carbons (Fsp3) is 0.167. The van der Waals surface area contributed by atoms with Crippen LogP contribution < -0.4 is 0 Å². The first-order chi connectivity index (χ1) is 5.11. The fourth-order valence-electron chi connectivity index (χ4n) is 0.520. The van der Waals surface area contributed by atoms with Crippen LogP contribution in [0.2, 0.25) is 0 Å². The van der Waals surface area contributed by atoms with E-state index in [4.69, 9.17) is 6.48 Å². The van der Waals surface area contributed by atoms with E-state index in [1.807, 2.05) is 0 Å². The Morgan fingerprint density at radius 1 is 1.70 bits per heavy atom. The van der Waals surface area contributed by atoms with Crippen LogP contribution in [0.1, 0.15) is 7.06 Å². The van der Waals surface area contributed by atoms with Crippen molar-refractivity contribution >= 4 is 0 Å². The average Bonchev–Trinajstić information content (AvgIpc) is 1.85. The van der Waals surface area contributed by atoms with Gasteiger partial charge in [-0.15, -0.1) is 0 Å². The van der Waals surface area contributed by atoms with Gasteiger partial charge in [-0.25, -0.2) is 8.78 Å².